The highest BCUT2D eigenvalue weighted by molar-refractivity contribution is 5.96. The summed E-state index contributed by atoms with van der Waals surface area (Å²) in [5.41, 5.74) is 6.53. The zero-order valence-corrected chi connectivity index (χ0v) is 10.8. The molecule has 94 valence electrons. The first-order valence-electron chi connectivity index (χ1n) is 6.97. The molecule has 2 heterocycles. The van der Waals surface area contributed by atoms with Crippen LogP contribution in [-0.2, 0) is 12.8 Å². The minimum Gasteiger partial charge on any atom is -0.343 e. The van der Waals surface area contributed by atoms with Gasteiger partial charge < -0.3 is 4.98 Å². The van der Waals surface area contributed by atoms with Gasteiger partial charge in [-0.3, -0.25) is 0 Å². The maximum atomic E-state index is 4.52. The van der Waals surface area contributed by atoms with E-state index in [1.165, 1.54) is 53.5 Å². The molecule has 0 saturated heterocycles. The fourth-order valence-corrected chi connectivity index (χ4v) is 3.18. The van der Waals surface area contributed by atoms with E-state index in [0.717, 1.165) is 5.65 Å². The Morgan fingerprint density at radius 2 is 1.79 bits per heavy atom. The quantitative estimate of drug-likeness (QED) is 0.689. The van der Waals surface area contributed by atoms with E-state index in [9.17, 15) is 0 Å². The van der Waals surface area contributed by atoms with Gasteiger partial charge in [0.25, 0.3) is 0 Å². The average Bonchev–Trinajstić information content (AvgIpc) is 2.86. The van der Waals surface area contributed by atoms with Crippen LogP contribution in [-0.4, -0.2) is 9.97 Å². The zero-order chi connectivity index (χ0) is 12.7. The van der Waals surface area contributed by atoms with Crippen molar-refractivity contribution in [2.45, 2.75) is 25.7 Å². The Hall–Kier alpha value is -2.09. The Kier molecular flexibility index (Phi) is 2.41. The molecule has 1 N–H and O–H groups in total. The molecule has 1 aromatic carbocycles. The fourth-order valence-electron chi connectivity index (χ4n) is 3.18. The van der Waals surface area contributed by atoms with Crippen molar-refractivity contribution < 1.29 is 0 Å². The van der Waals surface area contributed by atoms with E-state index in [4.69, 9.17) is 0 Å². The van der Waals surface area contributed by atoms with E-state index in [1.807, 2.05) is 6.20 Å². The highest BCUT2D eigenvalue weighted by Crippen LogP contribution is 2.34. The Morgan fingerprint density at radius 1 is 0.947 bits per heavy atom. The van der Waals surface area contributed by atoms with Crippen LogP contribution in [0.25, 0.3) is 22.2 Å². The summed E-state index contributed by atoms with van der Waals surface area (Å²) in [4.78, 5) is 8.03. The van der Waals surface area contributed by atoms with Gasteiger partial charge >= 0.3 is 0 Å². The summed E-state index contributed by atoms with van der Waals surface area (Å²) in [7, 11) is 0. The Bertz CT molecular complexity index is 726. The summed E-state index contributed by atoms with van der Waals surface area (Å²) in [5, 5.41) is 1.34. The molecule has 4 rings (SSSR count). The lowest BCUT2D eigenvalue weighted by Gasteiger charge is -2.12. The maximum absolute atomic E-state index is 4.52. The highest BCUT2D eigenvalue weighted by Gasteiger charge is 2.18. The van der Waals surface area contributed by atoms with Gasteiger partial charge in [0.05, 0.1) is 0 Å². The smallest absolute Gasteiger partial charge is 0.138 e. The molecule has 1 aliphatic carbocycles. The fraction of sp³-hybridized carbons (Fsp3) is 0.235. The Labute approximate surface area is 112 Å². The number of H-pyrrole nitrogens is 1. The van der Waals surface area contributed by atoms with Gasteiger partial charge in [0.2, 0.25) is 0 Å². The van der Waals surface area contributed by atoms with Gasteiger partial charge in [0.15, 0.2) is 0 Å². The van der Waals surface area contributed by atoms with Crippen LogP contribution in [0.3, 0.4) is 0 Å². The first-order valence-corrected chi connectivity index (χ1v) is 6.97. The second-order valence-electron chi connectivity index (χ2n) is 5.24. The molecule has 1 aliphatic rings. The summed E-state index contributed by atoms with van der Waals surface area (Å²) >= 11 is 0. The lowest BCUT2D eigenvalue weighted by atomic mass is 9.93. The first kappa shape index (κ1) is 10.8. The summed E-state index contributed by atoms with van der Waals surface area (Å²) in [6.07, 6.45) is 6.84. The van der Waals surface area contributed by atoms with Crippen molar-refractivity contribution in [3.05, 3.63) is 53.9 Å². The highest BCUT2D eigenvalue weighted by atomic mass is 14.9. The van der Waals surface area contributed by atoms with Crippen molar-refractivity contribution in [2.24, 2.45) is 0 Å². The van der Waals surface area contributed by atoms with Gasteiger partial charge in [-0.1, -0.05) is 30.3 Å². The van der Waals surface area contributed by atoms with Crippen LogP contribution in [0.15, 0.2) is 42.6 Å². The molecule has 2 heteroatoms. The number of aromatic nitrogens is 2. The topological polar surface area (TPSA) is 28.7 Å². The van der Waals surface area contributed by atoms with Gasteiger partial charge in [-0.25, -0.2) is 4.98 Å². The molecule has 0 unspecified atom stereocenters. The molecule has 0 aliphatic heterocycles. The van der Waals surface area contributed by atoms with Gasteiger partial charge in [-0.2, -0.15) is 0 Å². The number of hydrogen-bond donors (Lipinski definition) is 1. The van der Waals surface area contributed by atoms with Crippen LogP contribution in [0.4, 0.5) is 0 Å². The Morgan fingerprint density at radius 3 is 2.68 bits per heavy atom. The number of aryl methyl sites for hydroxylation is 2. The number of benzene rings is 1. The van der Waals surface area contributed by atoms with Crippen LogP contribution in [0.1, 0.15) is 24.1 Å². The van der Waals surface area contributed by atoms with Crippen molar-refractivity contribution >= 4 is 11.0 Å². The number of aromatic amines is 1. The number of nitrogens with one attached hydrogen (secondary N) is 1. The molecule has 19 heavy (non-hydrogen) atoms. The van der Waals surface area contributed by atoms with E-state index in [2.05, 4.69) is 46.4 Å². The van der Waals surface area contributed by atoms with Gasteiger partial charge in [0.1, 0.15) is 5.65 Å². The molecule has 0 amide bonds. The van der Waals surface area contributed by atoms with Crippen LogP contribution >= 0.6 is 0 Å². The number of nitrogens with zero attached hydrogens (tertiary/aromatic N) is 1. The molecule has 3 aromatic rings. The predicted molar refractivity (Wildman–Crippen MR) is 78.2 cm³/mol. The van der Waals surface area contributed by atoms with Crippen molar-refractivity contribution in [1.82, 2.24) is 9.97 Å². The van der Waals surface area contributed by atoms with E-state index < -0.39 is 0 Å². The van der Waals surface area contributed by atoms with E-state index >= 15 is 0 Å². The van der Waals surface area contributed by atoms with Crippen LogP contribution in [0.2, 0.25) is 0 Å². The molecule has 0 atom stereocenters. The molecule has 2 nitrogen and oxygen atoms in total. The molecule has 0 bridgehead atoms. The molecule has 0 fully saturated rings. The molecular weight excluding hydrogens is 232 g/mol. The van der Waals surface area contributed by atoms with E-state index in [0.29, 0.717) is 0 Å². The minimum atomic E-state index is 1.05. The number of hydrogen-bond acceptors (Lipinski definition) is 1. The third-order valence-electron chi connectivity index (χ3n) is 4.07. The molecule has 0 spiro atoms. The van der Waals surface area contributed by atoms with Crippen molar-refractivity contribution in [1.29, 1.82) is 0 Å². The number of pyridine rings is 1. The average molecular weight is 248 g/mol. The molecule has 0 saturated carbocycles. The normalized spacial score (nSPS) is 14.5. The lowest BCUT2D eigenvalue weighted by Crippen LogP contribution is -2.00. The summed E-state index contributed by atoms with van der Waals surface area (Å²) in [6, 6.07) is 12.8. The van der Waals surface area contributed by atoms with Crippen molar-refractivity contribution in [3.8, 4) is 11.1 Å². The summed E-state index contributed by atoms with van der Waals surface area (Å²) in [5.74, 6) is 0. The summed E-state index contributed by atoms with van der Waals surface area (Å²) < 4.78 is 0. The van der Waals surface area contributed by atoms with Crippen LogP contribution in [0.5, 0.6) is 0 Å². The lowest BCUT2D eigenvalue weighted by molar-refractivity contribution is 0.680. The van der Waals surface area contributed by atoms with Gasteiger partial charge in [0, 0.05) is 17.3 Å². The third kappa shape index (κ3) is 1.67. The van der Waals surface area contributed by atoms with Crippen molar-refractivity contribution in [2.75, 3.05) is 0 Å². The van der Waals surface area contributed by atoms with Crippen LogP contribution in [0, 0.1) is 0 Å². The molecule has 0 radical (unpaired) electrons. The predicted octanol–water partition coefficient (Wildman–Crippen LogP) is 4.11. The number of fused-ring (bicyclic) bond motifs is 3. The number of rotatable bonds is 1. The minimum absolute atomic E-state index is 1.05. The standard InChI is InChI=1S/C17H16N2/c1-2-6-12(7-3-1)13-10-11-18-17-16(13)14-8-4-5-9-15(14)19-17/h1-3,6-7,10-11H,4-5,8-9H2,(H,18,19). The third-order valence-corrected chi connectivity index (χ3v) is 4.07. The molecule has 2 aromatic heterocycles. The van der Waals surface area contributed by atoms with E-state index in [1.54, 1.807) is 0 Å². The van der Waals surface area contributed by atoms with Crippen LogP contribution < -0.4 is 0 Å². The first-order chi connectivity index (χ1) is 9.43. The maximum Gasteiger partial charge on any atom is 0.138 e. The van der Waals surface area contributed by atoms with Gasteiger partial charge in [-0.15, -0.1) is 0 Å². The largest absolute Gasteiger partial charge is 0.343 e. The second kappa shape index (κ2) is 4.23. The summed E-state index contributed by atoms with van der Waals surface area (Å²) in [6.45, 7) is 0. The second-order valence-corrected chi connectivity index (χ2v) is 5.24. The van der Waals surface area contributed by atoms with E-state index in [-0.39, 0.29) is 0 Å². The Balaban J connectivity index is 2.03. The monoisotopic (exact) mass is 248 g/mol. The SMILES string of the molecule is c1ccc(-c2ccnc3[nH]c4c(c23)CCCC4)cc1. The van der Waals surface area contributed by atoms with Gasteiger partial charge in [-0.05, 0) is 48.4 Å². The van der Waals surface area contributed by atoms with Crippen molar-refractivity contribution in [3.63, 3.8) is 0 Å². The molecular formula is C17H16N2. The zero-order valence-electron chi connectivity index (χ0n) is 10.8.